The zero-order valence-corrected chi connectivity index (χ0v) is 22.7. The maximum Gasteiger partial charge on any atom is 0.419 e. The first-order chi connectivity index (χ1) is 16.6. The molecule has 0 aliphatic rings. The highest BCUT2D eigenvalue weighted by molar-refractivity contribution is 9.10. The lowest BCUT2D eigenvalue weighted by molar-refractivity contribution is -0.173. The van der Waals surface area contributed by atoms with E-state index in [1.54, 1.807) is 29.6 Å². The molecule has 0 bridgehead atoms. The van der Waals surface area contributed by atoms with Gasteiger partial charge in [0.15, 0.2) is 10.3 Å². The molecule has 1 unspecified atom stereocenters. The number of nitrogens with one attached hydrogen (secondary N) is 1. The average molecular weight is 650 g/mol. The van der Waals surface area contributed by atoms with Crippen molar-refractivity contribution in [1.29, 1.82) is 0 Å². The number of hydrogen-bond acceptors (Lipinski definition) is 8. The predicted molar refractivity (Wildman–Crippen MR) is 140 cm³/mol. The Hall–Kier alpha value is -2.48. The first-order valence-corrected chi connectivity index (χ1v) is 13.0. The summed E-state index contributed by atoms with van der Waals surface area (Å²) in [5.41, 5.74) is 8.86. The third-order valence-electron chi connectivity index (χ3n) is 4.34. The molecule has 3 N–H and O–H groups in total. The minimum atomic E-state index is -4.77. The van der Waals surface area contributed by atoms with Crippen LogP contribution in [0.25, 0.3) is 22.5 Å². The molecule has 4 rings (SSSR count). The van der Waals surface area contributed by atoms with Gasteiger partial charge in [-0.1, -0.05) is 56.1 Å². The first kappa shape index (κ1) is 27.1. The number of benzene rings is 2. The molecule has 0 aliphatic heterocycles. The molecular formula is C22H17Br2F3N4O2S2. The molecule has 2 heterocycles. The molecule has 0 saturated carbocycles. The highest BCUT2D eigenvalue weighted by Gasteiger charge is 2.46. The van der Waals surface area contributed by atoms with Crippen molar-refractivity contribution in [2.24, 2.45) is 0 Å². The summed E-state index contributed by atoms with van der Waals surface area (Å²) in [7, 11) is 0.901. The fourth-order valence-corrected chi connectivity index (χ4v) is 4.50. The van der Waals surface area contributed by atoms with Crippen LogP contribution in [0.2, 0.25) is 0 Å². The van der Waals surface area contributed by atoms with Gasteiger partial charge in [0, 0.05) is 30.8 Å². The van der Waals surface area contributed by atoms with Gasteiger partial charge >= 0.3 is 12.1 Å². The highest BCUT2D eigenvalue weighted by Crippen LogP contribution is 2.30. The number of aromatic nitrogens is 2. The second kappa shape index (κ2) is 12.0. The number of carbonyl (C=O) groups is 1. The molecule has 0 saturated heterocycles. The van der Waals surface area contributed by atoms with Crippen molar-refractivity contribution in [1.82, 2.24) is 9.97 Å². The van der Waals surface area contributed by atoms with Gasteiger partial charge in [-0.2, -0.15) is 13.2 Å². The Kier molecular flexibility index (Phi) is 9.27. The van der Waals surface area contributed by atoms with Gasteiger partial charge in [0.1, 0.15) is 0 Å². The van der Waals surface area contributed by atoms with Crippen molar-refractivity contribution in [3.8, 4) is 22.5 Å². The van der Waals surface area contributed by atoms with E-state index < -0.39 is 18.2 Å². The maximum atomic E-state index is 12.8. The van der Waals surface area contributed by atoms with Crippen LogP contribution in [0.5, 0.6) is 0 Å². The smallest absolute Gasteiger partial charge is 0.419 e. The first-order valence-electron chi connectivity index (χ1n) is 9.66. The Labute approximate surface area is 223 Å². The van der Waals surface area contributed by atoms with Crippen molar-refractivity contribution in [2.45, 2.75) is 12.2 Å². The van der Waals surface area contributed by atoms with E-state index in [4.69, 9.17) is 5.73 Å². The second-order valence-corrected chi connectivity index (χ2v) is 10.3. The Balaban J connectivity index is 0.000000223. The van der Waals surface area contributed by atoms with E-state index in [2.05, 4.69) is 51.9 Å². The SMILES string of the molecule is COC(=O)C(Nc1nc(-c2ccc(Br)cc2)cs1)C(F)(F)F.Nc1nc(-c2ccc(Br)cc2)cs1. The van der Waals surface area contributed by atoms with Crippen LogP contribution in [-0.2, 0) is 9.53 Å². The summed E-state index contributed by atoms with van der Waals surface area (Å²) >= 11 is 9.11. The van der Waals surface area contributed by atoms with E-state index >= 15 is 0 Å². The zero-order chi connectivity index (χ0) is 25.6. The van der Waals surface area contributed by atoms with Crippen molar-refractivity contribution in [3.63, 3.8) is 0 Å². The summed E-state index contributed by atoms with van der Waals surface area (Å²) in [6.07, 6.45) is -4.77. The molecule has 4 aromatic rings. The monoisotopic (exact) mass is 648 g/mol. The lowest BCUT2D eigenvalue weighted by atomic mass is 10.2. The third kappa shape index (κ3) is 7.75. The van der Waals surface area contributed by atoms with Gasteiger partial charge in [0.05, 0.1) is 18.5 Å². The van der Waals surface area contributed by atoms with E-state index in [0.29, 0.717) is 10.8 Å². The quantitative estimate of drug-likeness (QED) is 0.222. The summed E-state index contributed by atoms with van der Waals surface area (Å²) in [5.74, 6) is -1.41. The van der Waals surface area contributed by atoms with Crippen LogP contribution in [0.4, 0.5) is 23.4 Å². The number of methoxy groups -OCH3 is 1. The van der Waals surface area contributed by atoms with Gasteiger partial charge < -0.3 is 15.8 Å². The van der Waals surface area contributed by atoms with E-state index in [1.807, 2.05) is 29.6 Å². The molecule has 0 spiro atoms. The highest BCUT2D eigenvalue weighted by atomic mass is 79.9. The number of nitrogen functional groups attached to an aromatic ring is 1. The number of alkyl halides is 3. The lowest BCUT2D eigenvalue weighted by Crippen LogP contribution is -2.43. The Morgan fingerprint density at radius 1 is 0.943 bits per heavy atom. The van der Waals surface area contributed by atoms with Crippen LogP contribution in [0, 0.1) is 0 Å². The van der Waals surface area contributed by atoms with Crippen LogP contribution in [0.1, 0.15) is 0 Å². The molecule has 6 nitrogen and oxygen atoms in total. The topological polar surface area (TPSA) is 90.1 Å². The molecule has 13 heteroatoms. The largest absolute Gasteiger partial charge is 0.467 e. The van der Waals surface area contributed by atoms with Crippen LogP contribution in [0.15, 0.2) is 68.2 Å². The minimum absolute atomic E-state index is 0.00866. The van der Waals surface area contributed by atoms with Crippen LogP contribution >= 0.6 is 54.5 Å². The van der Waals surface area contributed by atoms with Crippen molar-refractivity contribution in [2.75, 3.05) is 18.2 Å². The third-order valence-corrected chi connectivity index (χ3v) is 6.84. The number of halogens is 5. The molecule has 35 heavy (non-hydrogen) atoms. The van der Waals surface area contributed by atoms with Crippen molar-refractivity contribution in [3.05, 3.63) is 68.2 Å². The number of rotatable bonds is 5. The summed E-state index contributed by atoms with van der Waals surface area (Å²) in [6.45, 7) is 0. The number of thiazole rings is 2. The van der Waals surface area contributed by atoms with Gasteiger partial charge in [-0.05, 0) is 24.3 Å². The fraction of sp³-hybridized carbons (Fsp3) is 0.136. The Morgan fingerprint density at radius 2 is 1.43 bits per heavy atom. The maximum absolute atomic E-state index is 12.8. The van der Waals surface area contributed by atoms with Gasteiger partial charge in [-0.25, -0.2) is 14.8 Å². The normalized spacial score (nSPS) is 11.8. The van der Waals surface area contributed by atoms with Gasteiger partial charge in [-0.3, -0.25) is 0 Å². The molecule has 0 fully saturated rings. The minimum Gasteiger partial charge on any atom is -0.467 e. The molecular weight excluding hydrogens is 633 g/mol. The molecule has 1 atom stereocenters. The molecule has 0 amide bonds. The summed E-state index contributed by atoms with van der Waals surface area (Å²) in [5, 5.41) is 6.23. The number of nitrogens with two attached hydrogens (primary N) is 1. The zero-order valence-electron chi connectivity index (χ0n) is 17.8. The average Bonchev–Trinajstić information content (AvgIpc) is 3.47. The summed E-state index contributed by atoms with van der Waals surface area (Å²) in [6, 6.07) is 12.7. The van der Waals surface area contributed by atoms with Gasteiger partial charge in [-0.15, -0.1) is 22.7 Å². The van der Waals surface area contributed by atoms with Crippen molar-refractivity contribution < 1.29 is 22.7 Å². The second-order valence-electron chi connectivity index (χ2n) is 6.76. The molecule has 2 aromatic heterocycles. The molecule has 184 valence electrons. The standard InChI is InChI=1S/C13H10BrF3N2O2S.C9H7BrN2S/c1-21-11(20)10(13(15,16)17)19-12-18-9(6-22-12)7-2-4-8(14)5-3-7;10-7-3-1-6(2-4-7)8-5-13-9(11)12-8/h2-6,10H,1H3,(H,18,19);1-5H,(H2,11,12). The van der Waals surface area contributed by atoms with Crippen LogP contribution in [0.3, 0.4) is 0 Å². The number of hydrogen-bond donors (Lipinski definition) is 2. The number of esters is 1. The number of nitrogens with zero attached hydrogens (tertiary/aromatic N) is 2. The fourth-order valence-electron chi connectivity index (χ4n) is 2.65. The van der Waals surface area contributed by atoms with E-state index in [1.165, 1.54) is 11.3 Å². The number of anilines is 2. The van der Waals surface area contributed by atoms with Crippen LogP contribution < -0.4 is 11.1 Å². The number of ether oxygens (including phenoxy) is 1. The van der Waals surface area contributed by atoms with Gasteiger partial charge in [0.25, 0.3) is 0 Å². The van der Waals surface area contributed by atoms with Crippen molar-refractivity contribution >= 4 is 70.8 Å². The van der Waals surface area contributed by atoms with E-state index in [0.717, 1.165) is 44.2 Å². The number of carbonyl (C=O) groups excluding carboxylic acids is 1. The predicted octanol–water partition coefficient (Wildman–Crippen LogP) is 7.24. The van der Waals surface area contributed by atoms with E-state index in [-0.39, 0.29) is 5.13 Å². The lowest BCUT2D eigenvalue weighted by Gasteiger charge is -2.18. The Morgan fingerprint density at radius 3 is 1.86 bits per heavy atom. The molecule has 0 radical (unpaired) electrons. The molecule has 2 aromatic carbocycles. The summed E-state index contributed by atoms with van der Waals surface area (Å²) < 4.78 is 44.6. The summed E-state index contributed by atoms with van der Waals surface area (Å²) in [4.78, 5) is 19.5. The van der Waals surface area contributed by atoms with Crippen LogP contribution in [-0.4, -0.2) is 35.3 Å². The Bertz CT molecular complexity index is 1260. The molecule has 0 aliphatic carbocycles. The van der Waals surface area contributed by atoms with E-state index in [9.17, 15) is 18.0 Å². The van der Waals surface area contributed by atoms with Gasteiger partial charge in [0.2, 0.25) is 6.04 Å².